The highest BCUT2D eigenvalue weighted by Crippen LogP contribution is 2.22. The molecule has 0 radical (unpaired) electrons. The summed E-state index contributed by atoms with van der Waals surface area (Å²) in [7, 11) is 0. The Labute approximate surface area is 104 Å². The van der Waals surface area contributed by atoms with Crippen molar-refractivity contribution in [2.24, 2.45) is 5.92 Å². The van der Waals surface area contributed by atoms with Gasteiger partial charge >= 0.3 is 0 Å². The van der Waals surface area contributed by atoms with E-state index < -0.39 is 11.6 Å². The summed E-state index contributed by atoms with van der Waals surface area (Å²) in [5.41, 5.74) is 0.449. The average Bonchev–Trinajstić information content (AvgIpc) is 2.24. The van der Waals surface area contributed by atoms with E-state index in [0.717, 1.165) is 18.9 Å². The van der Waals surface area contributed by atoms with Gasteiger partial charge in [-0.05, 0) is 30.4 Å². The normalized spacial score (nSPS) is 14.8. The van der Waals surface area contributed by atoms with Gasteiger partial charge < -0.3 is 0 Å². The minimum Gasteiger partial charge on any atom is -0.204 e. The van der Waals surface area contributed by atoms with Crippen molar-refractivity contribution in [2.75, 3.05) is 0 Å². The molecule has 0 fully saturated rings. The SMILES string of the molecule is CCC(C)CC(Br)Cc1cccc(F)c1F. The highest BCUT2D eigenvalue weighted by atomic mass is 79.9. The van der Waals surface area contributed by atoms with E-state index in [1.165, 1.54) is 0 Å². The number of hydrogen-bond acceptors (Lipinski definition) is 0. The second-order valence-electron chi connectivity index (χ2n) is 4.26. The molecule has 0 aliphatic carbocycles. The molecular weight excluding hydrogens is 274 g/mol. The quantitative estimate of drug-likeness (QED) is 0.689. The predicted octanol–water partition coefficient (Wildman–Crippen LogP) is 4.71. The Morgan fingerprint density at radius 2 is 2.00 bits per heavy atom. The van der Waals surface area contributed by atoms with Crippen LogP contribution in [0.5, 0.6) is 0 Å². The van der Waals surface area contributed by atoms with Crippen molar-refractivity contribution in [1.82, 2.24) is 0 Å². The number of benzene rings is 1. The molecule has 1 aromatic rings. The minimum absolute atomic E-state index is 0.207. The zero-order valence-corrected chi connectivity index (χ0v) is 11.2. The standard InChI is InChI=1S/C13H17BrF2/c1-3-9(2)7-11(14)8-10-5-4-6-12(15)13(10)16/h4-6,9,11H,3,7-8H2,1-2H3. The fourth-order valence-electron chi connectivity index (χ4n) is 1.63. The Morgan fingerprint density at radius 1 is 1.31 bits per heavy atom. The molecule has 0 aliphatic heterocycles. The molecule has 0 spiro atoms. The molecule has 0 aromatic heterocycles. The largest absolute Gasteiger partial charge is 0.204 e. The van der Waals surface area contributed by atoms with Crippen molar-refractivity contribution in [1.29, 1.82) is 0 Å². The van der Waals surface area contributed by atoms with Gasteiger partial charge in [0.1, 0.15) is 0 Å². The summed E-state index contributed by atoms with van der Waals surface area (Å²) in [5, 5.41) is 0. The number of halogens is 3. The van der Waals surface area contributed by atoms with Crippen LogP contribution in [0.2, 0.25) is 0 Å². The van der Waals surface area contributed by atoms with E-state index in [0.29, 0.717) is 17.9 Å². The Bertz CT molecular complexity index is 339. The fourth-order valence-corrected chi connectivity index (χ4v) is 2.62. The van der Waals surface area contributed by atoms with Crippen LogP contribution in [-0.2, 0) is 6.42 Å². The third kappa shape index (κ3) is 3.85. The average molecular weight is 291 g/mol. The van der Waals surface area contributed by atoms with Gasteiger partial charge in [0.15, 0.2) is 11.6 Å². The molecule has 90 valence electrons. The molecule has 0 aliphatic rings. The van der Waals surface area contributed by atoms with Crippen molar-refractivity contribution >= 4 is 15.9 Å². The summed E-state index contributed by atoms with van der Waals surface area (Å²) in [4.78, 5) is 0.207. The summed E-state index contributed by atoms with van der Waals surface area (Å²) >= 11 is 3.53. The molecule has 0 nitrogen and oxygen atoms in total. The van der Waals surface area contributed by atoms with E-state index in [2.05, 4.69) is 29.8 Å². The first-order valence-electron chi connectivity index (χ1n) is 5.61. The van der Waals surface area contributed by atoms with Crippen LogP contribution < -0.4 is 0 Å². The smallest absolute Gasteiger partial charge is 0.162 e. The van der Waals surface area contributed by atoms with Crippen molar-refractivity contribution in [2.45, 2.75) is 37.9 Å². The lowest BCUT2D eigenvalue weighted by molar-refractivity contribution is 0.483. The van der Waals surface area contributed by atoms with E-state index in [1.807, 2.05) is 0 Å². The molecule has 16 heavy (non-hydrogen) atoms. The van der Waals surface area contributed by atoms with E-state index in [1.54, 1.807) is 12.1 Å². The molecule has 0 heterocycles. The van der Waals surface area contributed by atoms with Gasteiger partial charge in [-0.25, -0.2) is 8.78 Å². The van der Waals surface area contributed by atoms with Crippen LogP contribution >= 0.6 is 15.9 Å². The van der Waals surface area contributed by atoms with Crippen LogP contribution in [0.3, 0.4) is 0 Å². The van der Waals surface area contributed by atoms with Crippen molar-refractivity contribution in [3.8, 4) is 0 Å². The number of hydrogen-bond donors (Lipinski definition) is 0. The predicted molar refractivity (Wildman–Crippen MR) is 66.8 cm³/mol. The first-order valence-corrected chi connectivity index (χ1v) is 6.53. The van der Waals surface area contributed by atoms with Crippen molar-refractivity contribution < 1.29 is 8.78 Å². The zero-order valence-electron chi connectivity index (χ0n) is 9.64. The Morgan fingerprint density at radius 3 is 2.62 bits per heavy atom. The van der Waals surface area contributed by atoms with Crippen LogP contribution in [0, 0.1) is 17.6 Å². The van der Waals surface area contributed by atoms with Gasteiger partial charge in [0, 0.05) is 4.83 Å². The first kappa shape index (κ1) is 13.6. The van der Waals surface area contributed by atoms with Crippen LogP contribution in [0.1, 0.15) is 32.3 Å². The molecule has 1 aromatic carbocycles. The van der Waals surface area contributed by atoms with Gasteiger partial charge in [-0.2, -0.15) is 0 Å². The van der Waals surface area contributed by atoms with E-state index >= 15 is 0 Å². The first-order chi connectivity index (χ1) is 7.54. The lowest BCUT2D eigenvalue weighted by atomic mass is 9.99. The maximum absolute atomic E-state index is 13.4. The van der Waals surface area contributed by atoms with Crippen molar-refractivity contribution in [3.63, 3.8) is 0 Å². The summed E-state index contributed by atoms with van der Waals surface area (Å²) in [6.07, 6.45) is 2.62. The van der Waals surface area contributed by atoms with Crippen LogP contribution in [0.15, 0.2) is 18.2 Å². The van der Waals surface area contributed by atoms with E-state index in [9.17, 15) is 8.78 Å². The zero-order chi connectivity index (χ0) is 12.1. The van der Waals surface area contributed by atoms with Gasteiger partial charge in [-0.1, -0.05) is 48.3 Å². The van der Waals surface area contributed by atoms with E-state index in [-0.39, 0.29) is 4.83 Å². The van der Waals surface area contributed by atoms with Gasteiger partial charge in [-0.15, -0.1) is 0 Å². The monoisotopic (exact) mass is 290 g/mol. The van der Waals surface area contributed by atoms with E-state index in [4.69, 9.17) is 0 Å². The van der Waals surface area contributed by atoms with Gasteiger partial charge in [0.2, 0.25) is 0 Å². The highest BCUT2D eigenvalue weighted by molar-refractivity contribution is 9.09. The number of alkyl halides is 1. The minimum atomic E-state index is -0.763. The van der Waals surface area contributed by atoms with Crippen LogP contribution in [0.4, 0.5) is 8.78 Å². The molecule has 2 unspecified atom stereocenters. The van der Waals surface area contributed by atoms with Gasteiger partial charge in [0.05, 0.1) is 0 Å². The molecule has 3 heteroatoms. The van der Waals surface area contributed by atoms with Crippen LogP contribution in [0.25, 0.3) is 0 Å². The summed E-state index contributed by atoms with van der Waals surface area (Å²) in [6, 6.07) is 4.34. The molecule has 0 N–H and O–H groups in total. The third-order valence-corrected chi connectivity index (χ3v) is 3.53. The van der Waals surface area contributed by atoms with Crippen molar-refractivity contribution in [3.05, 3.63) is 35.4 Å². The topological polar surface area (TPSA) is 0 Å². The molecular formula is C13H17BrF2. The second-order valence-corrected chi connectivity index (χ2v) is 5.56. The Kier molecular flexibility index (Phi) is 5.39. The summed E-state index contributed by atoms with van der Waals surface area (Å²) in [5.74, 6) is -0.877. The summed E-state index contributed by atoms with van der Waals surface area (Å²) < 4.78 is 26.4. The molecule has 0 saturated carbocycles. The Balaban J connectivity index is 2.62. The second kappa shape index (κ2) is 6.33. The van der Waals surface area contributed by atoms with Crippen LogP contribution in [-0.4, -0.2) is 4.83 Å². The molecule has 0 bridgehead atoms. The lowest BCUT2D eigenvalue weighted by Crippen LogP contribution is -2.09. The maximum atomic E-state index is 13.4. The fraction of sp³-hybridized carbons (Fsp3) is 0.538. The molecule has 0 amide bonds. The lowest BCUT2D eigenvalue weighted by Gasteiger charge is -2.14. The number of rotatable bonds is 5. The molecule has 2 atom stereocenters. The van der Waals surface area contributed by atoms with Gasteiger partial charge in [0.25, 0.3) is 0 Å². The Hall–Kier alpha value is -0.440. The molecule has 1 rings (SSSR count). The van der Waals surface area contributed by atoms with Gasteiger partial charge in [-0.3, -0.25) is 0 Å². The maximum Gasteiger partial charge on any atom is 0.162 e. The third-order valence-electron chi connectivity index (χ3n) is 2.83. The highest BCUT2D eigenvalue weighted by Gasteiger charge is 2.14. The molecule has 0 saturated heterocycles. The summed E-state index contributed by atoms with van der Waals surface area (Å²) in [6.45, 7) is 4.29.